The minimum atomic E-state index is -0.814. The van der Waals surface area contributed by atoms with Crippen LogP contribution < -0.4 is 4.80 Å². The van der Waals surface area contributed by atoms with Gasteiger partial charge in [-0.1, -0.05) is 9.95 Å². The molecule has 0 amide bonds. The summed E-state index contributed by atoms with van der Waals surface area (Å²) in [4.78, 5) is 10.7. The van der Waals surface area contributed by atoms with E-state index in [0.717, 1.165) is 0 Å². The molecule has 0 spiro atoms. The number of hydrogen-bond donors (Lipinski definition) is 0. The zero-order chi connectivity index (χ0) is 21.5. The Labute approximate surface area is 176 Å². The highest BCUT2D eigenvalue weighted by atomic mass is 19.1. The second-order valence-corrected chi connectivity index (χ2v) is 7.72. The summed E-state index contributed by atoms with van der Waals surface area (Å²) in [5.74, 6) is -0.792. The Kier molecular flexibility index (Phi) is 4.76. The number of hydrogen-bond acceptors (Lipinski definition) is 6. The van der Waals surface area contributed by atoms with Gasteiger partial charge in [-0.05, 0) is 60.5 Å². The van der Waals surface area contributed by atoms with Gasteiger partial charge in [0, 0.05) is 28.8 Å². The minimum Gasteiger partial charge on any atom is -0.395 e. The van der Waals surface area contributed by atoms with E-state index < -0.39 is 17.7 Å². The predicted molar refractivity (Wildman–Crippen MR) is 107 cm³/mol. The maximum Gasteiger partial charge on any atom is 0.302 e. The molecule has 1 atom stereocenters. The molecule has 0 saturated heterocycles. The summed E-state index contributed by atoms with van der Waals surface area (Å²) in [5.41, 5.74) is 1.69. The number of pyridine rings is 1. The first kappa shape index (κ1) is 19.4. The molecule has 1 saturated carbocycles. The van der Waals surface area contributed by atoms with Crippen LogP contribution in [-0.4, -0.2) is 37.3 Å². The van der Waals surface area contributed by atoms with Gasteiger partial charge in [0.05, 0.1) is 16.3 Å². The van der Waals surface area contributed by atoms with Crippen LogP contribution in [0, 0.1) is 17.6 Å². The van der Waals surface area contributed by atoms with Crippen molar-refractivity contribution >= 4 is 22.3 Å². The molecule has 1 aliphatic carbocycles. The first-order valence-corrected chi connectivity index (χ1v) is 10.1. The van der Waals surface area contributed by atoms with Crippen LogP contribution in [0.25, 0.3) is 16.6 Å². The van der Waals surface area contributed by atoms with Gasteiger partial charge in [0.25, 0.3) is 0 Å². The highest BCUT2D eigenvalue weighted by Gasteiger charge is 2.28. The van der Waals surface area contributed by atoms with Crippen molar-refractivity contribution in [2.75, 3.05) is 6.61 Å². The van der Waals surface area contributed by atoms with E-state index in [1.165, 1.54) is 34.5 Å². The third kappa shape index (κ3) is 3.58. The standard InChI is InChI=1S/C21H20F2N7O/c1-12(27-31-11-14-5-6-14)17-7-8-19-25-28-29(30(19)26-17)13(2)20-16(22)10-18-15(21(20)23)4-3-9-24-18/h3-4,7-10,13-14H,5-6,11H2,1-2H3/q+1/b27-12+. The van der Waals surface area contributed by atoms with Crippen molar-refractivity contribution in [3.8, 4) is 0 Å². The van der Waals surface area contributed by atoms with Gasteiger partial charge < -0.3 is 4.84 Å². The van der Waals surface area contributed by atoms with Gasteiger partial charge in [0.1, 0.15) is 24.0 Å². The van der Waals surface area contributed by atoms with Crippen molar-refractivity contribution in [2.24, 2.45) is 11.1 Å². The molecular formula is C21H20F2N7O+. The highest BCUT2D eigenvalue weighted by Crippen LogP contribution is 2.29. The molecule has 1 unspecified atom stereocenters. The van der Waals surface area contributed by atoms with Gasteiger partial charge in [-0.2, -0.15) is 0 Å². The van der Waals surface area contributed by atoms with E-state index in [0.29, 0.717) is 29.6 Å². The maximum absolute atomic E-state index is 15.2. The molecule has 1 aromatic carbocycles. The normalized spacial score (nSPS) is 15.5. The van der Waals surface area contributed by atoms with Crippen LogP contribution in [0.15, 0.2) is 41.7 Å². The molecule has 1 aliphatic rings. The molecule has 158 valence electrons. The van der Waals surface area contributed by atoms with E-state index in [1.54, 1.807) is 38.1 Å². The van der Waals surface area contributed by atoms with Crippen LogP contribution in [0.5, 0.6) is 0 Å². The summed E-state index contributed by atoms with van der Waals surface area (Å²) in [6.07, 6.45) is 3.85. The monoisotopic (exact) mass is 424 g/mol. The molecule has 3 heterocycles. The lowest BCUT2D eigenvalue weighted by Crippen LogP contribution is -2.48. The Morgan fingerprint density at radius 3 is 2.97 bits per heavy atom. The van der Waals surface area contributed by atoms with Crippen molar-refractivity contribution in [3.63, 3.8) is 0 Å². The van der Waals surface area contributed by atoms with E-state index in [4.69, 9.17) is 4.84 Å². The average molecular weight is 424 g/mol. The second-order valence-electron chi connectivity index (χ2n) is 7.72. The lowest BCUT2D eigenvalue weighted by Gasteiger charge is -2.12. The predicted octanol–water partition coefficient (Wildman–Crippen LogP) is 3.00. The van der Waals surface area contributed by atoms with Gasteiger partial charge in [-0.15, -0.1) is 0 Å². The summed E-state index contributed by atoms with van der Waals surface area (Å²) in [7, 11) is 0. The molecule has 8 nitrogen and oxygen atoms in total. The van der Waals surface area contributed by atoms with Gasteiger partial charge in [0.15, 0.2) is 11.7 Å². The Hall–Kier alpha value is -3.56. The van der Waals surface area contributed by atoms with Crippen LogP contribution in [0.2, 0.25) is 0 Å². The number of rotatable bonds is 6. The van der Waals surface area contributed by atoms with Crippen LogP contribution in [-0.2, 0) is 4.84 Å². The number of nitrogens with zero attached hydrogens (tertiary/aromatic N) is 7. The average Bonchev–Trinajstić information content (AvgIpc) is 3.49. The third-order valence-corrected chi connectivity index (χ3v) is 5.41. The van der Waals surface area contributed by atoms with E-state index in [9.17, 15) is 4.39 Å². The number of halogens is 2. The van der Waals surface area contributed by atoms with Crippen molar-refractivity contribution in [1.82, 2.24) is 25.0 Å². The molecule has 0 bridgehead atoms. The van der Waals surface area contributed by atoms with Crippen molar-refractivity contribution < 1.29 is 18.4 Å². The molecule has 31 heavy (non-hydrogen) atoms. The first-order valence-electron chi connectivity index (χ1n) is 10.1. The molecule has 1 fully saturated rings. The number of tetrazole rings is 1. The minimum absolute atomic E-state index is 0.134. The lowest BCUT2D eigenvalue weighted by atomic mass is 10.0. The lowest BCUT2D eigenvalue weighted by molar-refractivity contribution is -0.831. The van der Waals surface area contributed by atoms with Crippen molar-refractivity contribution in [3.05, 3.63) is 59.4 Å². The Balaban J connectivity index is 1.53. The SMILES string of the molecule is C/C(=N\OCC1CC1)c1ccc2nn[n+](C(C)c3c(F)cc4ncccc4c3F)n2n1. The fourth-order valence-electron chi connectivity index (χ4n) is 3.43. The molecule has 0 aliphatic heterocycles. The molecule has 5 rings (SSSR count). The summed E-state index contributed by atoms with van der Waals surface area (Å²) < 4.78 is 31.4. The van der Waals surface area contributed by atoms with Crippen molar-refractivity contribution in [1.29, 1.82) is 0 Å². The molecule has 0 N–H and O–H groups in total. The first-order chi connectivity index (χ1) is 15.0. The Bertz CT molecular complexity index is 1320. The van der Waals surface area contributed by atoms with Gasteiger partial charge in [-0.3, -0.25) is 4.98 Å². The second kappa shape index (κ2) is 7.60. The van der Waals surface area contributed by atoms with Crippen LogP contribution >= 0.6 is 0 Å². The van der Waals surface area contributed by atoms with E-state index >= 15 is 4.39 Å². The smallest absolute Gasteiger partial charge is 0.302 e. The zero-order valence-electron chi connectivity index (χ0n) is 17.0. The Morgan fingerprint density at radius 2 is 2.16 bits per heavy atom. The summed E-state index contributed by atoms with van der Waals surface area (Å²) in [6, 6.07) is 7.05. The molecule has 0 radical (unpaired) electrons. The molecule has 4 aromatic rings. The molecular weight excluding hydrogens is 404 g/mol. The largest absolute Gasteiger partial charge is 0.395 e. The molecule has 10 heteroatoms. The van der Waals surface area contributed by atoms with E-state index in [2.05, 4.69) is 25.6 Å². The van der Waals surface area contributed by atoms with Crippen LogP contribution in [0.3, 0.4) is 0 Å². The van der Waals surface area contributed by atoms with Gasteiger partial charge in [-0.25, -0.2) is 8.78 Å². The fraction of sp³-hybridized carbons (Fsp3) is 0.333. The number of oxime groups is 1. The number of fused-ring (bicyclic) bond motifs is 2. The summed E-state index contributed by atoms with van der Waals surface area (Å²) >= 11 is 0. The van der Waals surface area contributed by atoms with Crippen LogP contribution in [0.1, 0.15) is 44.0 Å². The zero-order valence-corrected chi connectivity index (χ0v) is 17.0. The number of benzene rings is 1. The summed E-state index contributed by atoms with van der Waals surface area (Å²) in [5, 5.41) is 17.0. The molecule has 3 aromatic heterocycles. The third-order valence-electron chi connectivity index (χ3n) is 5.41. The Morgan fingerprint density at radius 1 is 1.32 bits per heavy atom. The van der Waals surface area contributed by atoms with E-state index in [1.807, 2.05) is 0 Å². The van der Waals surface area contributed by atoms with Gasteiger partial charge >= 0.3 is 5.65 Å². The quantitative estimate of drug-likeness (QED) is 0.270. The number of aromatic nitrogens is 6. The van der Waals surface area contributed by atoms with Crippen LogP contribution in [0.4, 0.5) is 8.78 Å². The van der Waals surface area contributed by atoms with E-state index in [-0.39, 0.29) is 16.5 Å². The highest BCUT2D eigenvalue weighted by molar-refractivity contribution is 5.96. The topological polar surface area (TPSA) is 81.4 Å². The van der Waals surface area contributed by atoms with Crippen molar-refractivity contribution in [2.45, 2.75) is 32.7 Å². The fourth-order valence-corrected chi connectivity index (χ4v) is 3.43. The van der Waals surface area contributed by atoms with Gasteiger partial charge in [0.2, 0.25) is 0 Å². The summed E-state index contributed by atoms with van der Waals surface area (Å²) in [6.45, 7) is 4.02. The maximum atomic E-state index is 15.2.